The smallest absolute Gasteiger partial charge is 0.00104 e. The topological polar surface area (TPSA) is 12.0 Å². The van der Waals surface area contributed by atoms with Gasteiger partial charge in [-0.2, -0.15) is 0 Å². The summed E-state index contributed by atoms with van der Waals surface area (Å²) in [6, 6.07) is 0.661. The highest BCUT2D eigenvalue weighted by Crippen LogP contribution is 2.42. The first kappa shape index (κ1) is 11.4. The lowest BCUT2D eigenvalue weighted by Gasteiger charge is -2.38. The fraction of sp³-hybridized carbons (Fsp3) is 1.00. The van der Waals surface area contributed by atoms with Gasteiger partial charge in [-0.15, -0.1) is 0 Å². The fourth-order valence-corrected chi connectivity index (χ4v) is 3.34. The van der Waals surface area contributed by atoms with E-state index < -0.39 is 0 Å². The summed E-state index contributed by atoms with van der Waals surface area (Å²) in [6.45, 7) is 5.83. The van der Waals surface area contributed by atoms with E-state index in [4.69, 9.17) is 0 Å². The highest BCUT2D eigenvalue weighted by atomic mass is 14.9. The SMILES string of the molecule is CC(C)NCC(C1CCCC1)C1CCC1. The third-order valence-electron chi connectivity index (χ3n) is 4.52. The summed E-state index contributed by atoms with van der Waals surface area (Å²) in [7, 11) is 0. The normalized spacial score (nSPS) is 25.8. The maximum Gasteiger partial charge on any atom is 0.00104 e. The molecule has 1 heteroatoms. The third-order valence-corrected chi connectivity index (χ3v) is 4.52. The average molecular weight is 209 g/mol. The maximum atomic E-state index is 3.67. The second kappa shape index (κ2) is 5.34. The number of hydrogen-bond acceptors (Lipinski definition) is 1. The Bertz CT molecular complexity index is 178. The zero-order valence-electron chi connectivity index (χ0n) is 10.5. The third kappa shape index (κ3) is 2.96. The van der Waals surface area contributed by atoms with Crippen LogP contribution in [0.5, 0.6) is 0 Å². The van der Waals surface area contributed by atoms with Gasteiger partial charge in [0.2, 0.25) is 0 Å². The van der Waals surface area contributed by atoms with Gasteiger partial charge in [-0.25, -0.2) is 0 Å². The number of nitrogens with one attached hydrogen (secondary N) is 1. The molecule has 1 atom stereocenters. The quantitative estimate of drug-likeness (QED) is 0.729. The van der Waals surface area contributed by atoms with Gasteiger partial charge in [0.1, 0.15) is 0 Å². The van der Waals surface area contributed by atoms with Gasteiger partial charge in [0.25, 0.3) is 0 Å². The molecule has 0 amide bonds. The lowest BCUT2D eigenvalue weighted by molar-refractivity contribution is 0.140. The van der Waals surface area contributed by atoms with Crippen molar-refractivity contribution < 1.29 is 0 Å². The van der Waals surface area contributed by atoms with E-state index in [-0.39, 0.29) is 0 Å². The summed E-state index contributed by atoms with van der Waals surface area (Å²) in [5.41, 5.74) is 0. The molecule has 2 rings (SSSR count). The molecule has 1 unspecified atom stereocenters. The molecular weight excluding hydrogens is 182 g/mol. The van der Waals surface area contributed by atoms with Crippen molar-refractivity contribution in [2.24, 2.45) is 17.8 Å². The molecule has 15 heavy (non-hydrogen) atoms. The molecule has 2 aliphatic rings. The van der Waals surface area contributed by atoms with Crippen LogP contribution in [0.2, 0.25) is 0 Å². The molecule has 88 valence electrons. The van der Waals surface area contributed by atoms with Crippen molar-refractivity contribution in [3.05, 3.63) is 0 Å². The van der Waals surface area contributed by atoms with Gasteiger partial charge >= 0.3 is 0 Å². The van der Waals surface area contributed by atoms with E-state index in [1.54, 1.807) is 0 Å². The standard InChI is InChI=1S/C14H27N/c1-11(2)15-10-14(13-8-5-9-13)12-6-3-4-7-12/h11-15H,3-10H2,1-2H3. The van der Waals surface area contributed by atoms with E-state index in [9.17, 15) is 0 Å². The van der Waals surface area contributed by atoms with Crippen LogP contribution in [-0.2, 0) is 0 Å². The van der Waals surface area contributed by atoms with Gasteiger partial charge in [-0.05, 0) is 24.3 Å². The van der Waals surface area contributed by atoms with E-state index >= 15 is 0 Å². The second-order valence-corrected chi connectivity index (χ2v) is 5.96. The zero-order chi connectivity index (χ0) is 10.7. The molecule has 0 saturated heterocycles. The van der Waals surface area contributed by atoms with Crippen LogP contribution in [0.3, 0.4) is 0 Å². The molecule has 1 N–H and O–H groups in total. The van der Waals surface area contributed by atoms with Crippen LogP contribution in [0.15, 0.2) is 0 Å². The van der Waals surface area contributed by atoms with Gasteiger partial charge in [-0.1, -0.05) is 58.8 Å². The molecule has 0 bridgehead atoms. The zero-order valence-corrected chi connectivity index (χ0v) is 10.5. The lowest BCUT2D eigenvalue weighted by atomic mass is 9.70. The van der Waals surface area contributed by atoms with Crippen molar-refractivity contribution >= 4 is 0 Å². The Labute approximate surface area is 95.0 Å². The van der Waals surface area contributed by atoms with E-state index in [0.29, 0.717) is 6.04 Å². The first-order chi connectivity index (χ1) is 7.27. The molecule has 0 spiro atoms. The highest BCUT2D eigenvalue weighted by molar-refractivity contribution is 4.86. The lowest BCUT2D eigenvalue weighted by Crippen LogP contribution is -2.38. The molecule has 0 aromatic carbocycles. The monoisotopic (exact) mass is 209 g/mol. The van der Waals surface area contributed by atoms with Crippen LogP contribution in [-0.4, -0.2) is 12.6 Å². The Morgan fingerprint density at radius 2 is 1.47 bits per heavy atom. The maximum absolute atomic E-state index is 3.67. The van der Waals surface area contributed by atoms with Crippen LogP contribution in [0.4, 0.5) is 0 Å². The van der Waals surface area contributed by atoms with Gasteiger partial charge in [0.15, 0.2) is 0 Å². The molecule has 2 aliphatic carbocycles. The molecule has 0 aromatic rings. The predicted molar refractivity (Wildman–Crippen MR) is 65.9 cm³/mol. The molecular formula is C14H27N. The summed E-state index contributed by atoms with van der Waals surface area (Å²) < 4.78 is 0. The van der Waals surface area contributed by atoms with Crippen molar-refractivity contribution in [2.45, 2.75) is 64.8 Å². The number of rotatable bonds is 5. The second-order valence-electron chi connectivity index (χ2n) is 5.96. The van der Waals surface area contributed by atoms with Crippen LogP contribution in [0.1, 0.15) is 58.8 Å². The van der Waals surface area contributed by atoms with Crippen LogP contribution >= 0.6 is 0 Å². The van der Waals surface area contributed by atoms with Crippen LogP contribution in [0, 0.1) is 17.8 Å². The Kier molecular flexibility index (Phi) is 4.07. The first-order valence-electron chi connectivity index (χ1n) is 7.00. The Morgan fingerprint density at radius 3 is 1.87 bits per heavy atom. The molecule has 0 heterocycles. The van der Waals surface area contributed by atoms with Crippen molar-refractivity contribution in [3.8, 4) is 0 Å². The van der Waals surface area contributed by atoms with Crippen molar-refractivity contribution in [3.63, 3.8) is 0 Å². The van der Waals surface area contributed by atoms with Crippen molar-refractivity contribution in [2.75, 3.05) is 6.54 Å². The summed E-state index contributed by atoms with van der Waals surface area (Å²) in [6.07, 6.45) is 10.5. The minimum atomic E-state index is 0.661. The Morgan fingerprint density at radius 1 is 0.933 bits per heavy atom. The van der Waals surface area contributed by atoms with E-state index in [2.05, 4.69) is 19.2 Å². The minimum absolute atomic E-state index is 0.661. The molecule has 0 aromatic heterocycles. The molecule has 2 saturated carbocycles. The first-order valence-corrected chi connectivity index (χ1v) is 7.00. The van der Waals surface area contributed by atoms with Crippen LogP contribution in [0.25, 0.3) is 0 Å². The van der Waals surface area contributed by atoms with E-state index in [1.165, 1.54) is 51.5 Å². The predicted octanol–water partition coefficient (Wildman–Crippen LogP) is 3.59. The van der Waals surface area contributed by atoms with Gasteiger partial charge < -0.3 is 5.32 Å². The van der Waals surface area contributed by atoms with Crippen LogP contribution < -0.4 is 5.32 Å². The molecule has 0 aliphatic heterocycles. The van der Waals surface area contributed by atoms with Gasteiger partial charge in [0.05, 0.1) is 0 Å². The number of hydrogen-bond donors (Lipinski definition) is 1. The molecule has 1 nitrogen and oxygen atoms in total. The highest BCUT2D eigenvalue weighted by Gasteiger charge is 2.34. The summed E-state index contributed by atoms with van der Waals surface area (Å²) in [5, 5.41) is 3.67. The Hall–Kier alpha value is -0.0400. The van der Waals surface area contributed by atoms with E-state index in [0.717, 1.165) is 17.8 Å². The van der Waals surface area contributed by atoms with E-state index in [1.807, 2.05) is 0 Å². The molecule has 2 fully saturated rings. The Balaban J connectivity index is 1.83. The van der Waals surface area contributed by atoms with Crippen molar-refractivity contribution in [1.82, 2.24) is 5.32 Å². The summed E-state index contributed by atoms with van der Waals surface area (Å²) >= 11 is 0. The molecule has 0 radical (unpaired) electrons. The summed E-state index contributed by atoms with van der Waals surface area (Å²) in [5.74, 6) is 3.13. The largest absolute Gasteiger partial charge is 0.314 e. The minimum Gasteiger partial charge on any atom is -0.314 e. The van der Waals surface area contributed by atoms with Gasteiger partial charge in [0, 0.05) is 6.04 Å². The fourth-order valence-electron chi connectivity index (χ4n) is 3.34. The average Bonchev–Trinajstić information content (AvgIpc) is 2.60. The summed E-state index contributed by atoms with van der Waals surface area (Å²) in [4.78, 5) is 0. The van der Waals surface area contributed by atoms with Crippen molar-refractivity contribution in [1.29, 1.82) is 0 Å². The van der Waals surface area contributed by atoms with Gasteiger partial charge in [-0.3, -0.25) is 0 Å².